The van der Waals surface area contributed by atoms with E-state index in [1.165, 1.54) is 4.31 Å². The minimum Gasteiger partial charge on any atom is -0.352 e. The van der Waals surface area contributed by atoms with Gasteiger partial charge in [-0.3, -0.25) is 9.10 Å². The van der Waals surface area contributed by atoms with Crippen LogP contribution in [-0.2, 0) is 21.4 Å². The van der Waals surface area contributed by atoms with E-state index in [1.54, 1.807) is 12.1 Å². The Balaban J connectivity index is 2.05. The fraction of sp³-hybridized carbons (Fsp3) is 0.316. The molecule has 0 aliphatic heterocycles. The maximum atomic E-state index is 12.2. The Hall–Kier alpha value is -2.05. The predicted octanol–water partition coefficient (Wildman–Crippen LogP) is 3.43. The molecule has 0 radical (unpaired) electrons. The second-order valence-corrected chi connectivity index (χ2v) is 8.49. The summed E-state index contributed by atoms with van der Waals surface area (Å²) in [5.41, 5.74) is 3.30. The lowest BCUT2D eigenvalue weighted by Gasteiger charge is -2.24. The molecule has 0 aliphatic carbocycles. The Morgan fingerprint density at radius 1 is 1.12 bits per heavy atom. The average Bonchev–Trinajstić information content (AvgIpc) is 2.57. The molecule has 0 fully saturated rings. The van der Waals surface area contributed by atoms with E-state index in [-0.39, 0.29) is 18.9 Å². The molecule has 2 rings (SSSR count). The van der Waals surface area contributed by atoms with Gasteiger partial charge in [-0.2, -0.15) is 0 Å². The number of nitrogens with one attached hydrogen (secondary N) is 1. The first-order valence-electron chi connectivity index (χ1n) is 8.24. The fourth-order valence-electron chi connectivity index (χ4n) is 2.60. The van der Waals surface area contributed by atoms with Crippen LogP contribution in [0.5, 0.6) is 0 Å². The van der Waals surface area contributed by atoms with Gasteiger partial charge in [0.05, 0.1) is 11.9 Å². The van der Waals surface area contributed by atoms with E-state index in [1.807, 2.05) is 44.2 Å². The number of halogens is 1. The van der Waals surface area contributed by atoms with Crippen LogP contribution in [0, 0.1) is 13.8 Å². The van der Waals surface area contributed by atoms with E-state index in [2.05, 4.69) is 5.32 Å². The third-order valence-electron chi connectivity index (χ3n) is 4.22. The first-order chi connectivity index (χ1) is 12.2. The van der Waals surface area contributed by atoms with Gasteiger partial charge in [-0.05, 0) is 42.7 Å². The normalized spacial score (nSPS) is 11.2. The van der Waals surface area contributed by atoms with Crippen LogP contribution < -0.4 is 9.62 Å². The van der Waals surface area contributed by atoms with Gasteiger partial charge in [0.1, 0.15) is 0 Å². The minimum absolute atomic E-state index is 0.0604. The number of benzene rings is 2. The minimum atomic E-state index is -3.49. The summed E-state index contributed by atoms with van der Waals surface area (Å²) < 4.78 is 25.7. The monoisotopic (exact) mass is 394 g/mol. The Kier molecular flexibility index (Phi) is 6.67. The lowest BCUT2D eigenvalue weighted by Crippen LogP contribution is -2.35. The molecular formula is C19H23ClN2O3S. The van der Waals surface area contributed by atoms with E-state index in [0.717, 1.165) is 22.9 Å². The van der Waals surface area contributed by atoms with Crippen molar-refractivity contribution < 1.29 is 13.2 Å². The van der Waals surface area contributed by atoms with Crippen LogP contribution in [0.2, 0.25) is 5.02 Å². The second kappa shape index (κ2) is 8.56. The Labute approximate surface area is 160 Å². The molecule has 7 heteroatoms. The van der Waals surface area contributed by atoms with Crippen LogP contribution in [0.25, 0.3) is 0 Å². The summed E-state index contributed by atoms with van der Waals surface area (Å²) >= 11 is 6.07. The van der Waals surface area contributed by atoms with Crippen molar-refractivity contribution in [2.24, 2.45) is 0 Å². The number of carbonyl (C=O) groups excluding carboxylic acids is 1. The summed E-state index contributed by atoms with van der Waals surface area (Å²) in [6.45, 7) is 4.19. The number of hydrogen-bond acceptors (Lipinski definition) is 3. The maximum absolute atomic E-state index is 12.2. The van der Waals surface area contributed by atoms with Crippen molar-refractivity contribution in [1.29, 1.82) is 0 Å². The number of nitrogens with zero attached hydrogens (tertiary/aromatic N) is 1. The molecule has 5 nitrogen and oxygen atoms in total. The molecule has 0 aliphatic rings. The summed E-state index contributed by atoms with van der Waals surface area (Å²) in [6.07, 6.45) is 1.21. The zero-order valence-corrected chi connectivity index (χ0v) is 16.7. The Bertz CT molecular complexity index is 897. The summed E-state index contributed by atoms with van der Waals surface area (Å²) in [7, 11) is -3.49. The Morgan fingerprint density at radius 2 is 1.81 bits per heavy atom. The van der Waals surface area contributed by atoms with Crippen molar-refractivity contribution >= 4 is 33.2 Å². The highest BCUT2D eigenvalue weighted by atomic mass is 35.5. The average molecular weight is 395 g/mol. The zero-order chi connectivity index (χ0) is 19.3. The first-order valence-corrected chi connectivity index (χ1v) is 10.5. The molecule has 2 aromatic rings. The number of aryl methyl sites for hydroxylation is 1. The molecule has 26 heavy (non-hydrogen) atoms. The van der Waals surface area contributed by atoms with Crippen LogP contribution in [0.15, 0.2) is 42.5 Å². The van der Waals surface area contributed by atoms with Gasteiger partial charge in [0.25, 0.3) is 0 Å². The summed E-state index contributed by atoms with van der Waals surface area (Å²) in [4.78, 5) is 12.2. The number of anilines is 1. The molecule has 0 bridgehead atoms. The third-order valence-corrected chi connectivity index (χ3v) is 5.77. The van der Waals surface area contributed by atoms with Crippen LogP contribution in [0.3, 0.4) is 0 Å². The van der Waals surface area contributed by atoms with E-state index in [0.29, 0.717) is 17.3 Å². The molecule has 0 unspecified atom stereocenters. The van der Waals surface area contributed by atoms with E-state index < -0.39 is 10.0 Å². The molecule has 0 saturated heterocycles. The van der Waals surface area contributed by atoms with Gasteiger partial charge in [-0.1, -0.05) is 41.9 Å². The van der Waals surface area contributed by atoms with Crippen molar-refractivity contribution in [3.8, 4) is 0 Å². The van der Waals surface area contributed by atoms with Gasteiger partial charge in [-0.25, -0.2) is 8.42 Å². The highest BCUT2D eigenvalue weighted by molar-refractivity contribution is 7.92. The number of rotatable bonds is 7. The van der Waals surface area contributed by atoms with Crippen LogP contribution in [0.1, 0.15) is 23.1 Å². The number of hydrogen-bond donors (Lipinski definition) is 1. The lowest BCUT2D eigenvalue weighted by molar-refractivity contribution is -0.121. The molecule has 0 aromatic heterocycles. The molecule has 0 saturated carbocycles. The number of sulfonamides is 1. The summed E-state index contributed by atoms with van der Waals surface area (Å²) in [6, 6.07) is 12.8. The predicted molar refractivity (Wildman–Crippen MR) is 106 cm³/mol. The van der Waals surface area contributed by atoms with Gasteiger partial charge in [0.2, 0.25) is 15.9 Å². The van der Waals surface area contributed by atoms with Crippen molar-refractivity contribution in [2.45, 2.75) is 26.8 Å². The van der Waals surface area contributed by atoms with E-state index in [4.69, 9.17) is 11.6 Å². The molecule has 1 amide bonds. The fourth-order valence-corrected chi connectivity index (χ4v) is 3.78. The first kappa shape index (κ1) is 20.3. The lowest BCUT2D eigenvalue weighted by atomic mass is 10.1. The molecule has 1 N–H and O–H groups in total. The highest BCUT2D eigenvalue weighted by Gasteiger charge is 2.20. The number of carbonyl (C=O) groups is 1. The standard InChI is InChI=1S/C19H23ClN2O3S/c1-14-7-6-10-18(15(14)2)22(26(3,24)25)12-11-19(23)21-13-16-8-4-5-9-17(16)20/h4-10H,11-13H2,1-3H3,(H,21,23). The largest absolute Gasteiger partial charge is 0.352 e. The van der Waals surface area contributed by atoms with Crippen LogP contribution in [0.4, 0.5) is 5.69 Å². The Morgan fingerprint density at radius 3 is 2.46 bits per heavy atom. The van der Waals surface area contributed by atoms with Gasteiger partial charge < -0.3 is 5.32 Å². The van der Waals surface area contributed by atoms with Crippen molar-refractivity contribution in [1.82, 2.24) is 5.32 Å². The second-order valence-electron chi connectivity index (χ2n) is 6.17. The van der Waals surface area contributed by atoms with Crippen LogP contribution >= 0.6 is 11.6 Å². The zero-order valence-electron chi connectivity index (χ0n) is 15.1. The van der Waals surface area contributed by atoms with Crippen molar-refractivity contribution in [3.05, 3.63) is 64.2 Å². The topological polar surface area (TPSA) is 66.5 Å². The van der Waals surface area contributed by atoms with Crippen LogP contribution in [-0.4, -0.2) is 27.1 Å². The van der Waals surface area contributed by atoms with E-state index in [9.17, 15) is 13.2 Å². The van der Waals surface area contributed by atoms with Gasteiger partial charge in [0, 0.05) is 24.5 Å². The molecule has 2 aromatic carbocycles. The highest BCUT2D eigenvalue weighted by Crippen LogP contribution is 2.25. The molecule has 0 spiro atoms. The van der Waals surface area contributed by atoms with E-state index >= 15 is 0 Å². The quantitative estimate of drug-likeness (QED) is 0.782. The SMILES string of the molecule is Cc1cccc(N(CCC(=O)NCc2ccccc2Cl)S(C)(=O)=O)c1C. The van der Waals surface area contributed by atoms with Gasteiger partial charge in [-0.15, -0.1) is 0 Å². The maximum Gasteiger partial charge on any atom is 0.232 e. The van der Waals surface area contributed by atoms with Gasteiger partial charge >= 0.3 is 0 Å². The van der Waals surface area contributed by atoms with Crippen molar-refractivity contribution in [2.75, 3.05) is 17.1 Å². The molecule has 0 atom stereocenters. The number of amides is 1. The molecular weight excluding hydrogens is 372 g/mol. The van der Waals surface area contributed by atoms with Gasteiger partial charge in [0.15, 0.2) is 0 Å². The smallest absolute Gasteiger partial charge is 0.232 e. The molecule has 140 valence electrons. The summed E-state index contributed by atoms with van der Waals surface area (Å²) in [5.74, 6) is -0.233. The third kappa shape index (κ3) is 5.22. The molecule has 0 heterocycles. The summed E-state index contributed by atoms with van der Waals surface area (Å²) in [5, 5.41) is 3.36. The van der Waals surface area contributed by atoms with Crippen molar-refractivity contribution in [3.63, 3.8) is 0 Å².